The van der Waals surface area contributed by atoms with Crippen molar-refractivity contribution in [3.05, 3.63) is 217 Å². The van der Waals surface area contributed by atoms with E-state index in [1.807, 2.05) is 138 Å². The van der Waals surface area contributed by atoms with Crippen LogP contribution in [0.2, 0.25) is 0 Å². The van der Waals surface area contributed by atoms with Gasteiger partial charge in [-0.1, -0.05) is 192 Å². The van der Waals surface area contributed by atoms with E-state index in [9.17, 15) is 5.11 Å². The minimum Gasteiger partial charge on any atom is -0.507 e. The monoisotopic (exact) mass is 1080 g/mol. The maximum absolute atomic E-state index is 12.5. The summed E-state index contributed by atoms with van der Waals surface area (Å²) in [7, 11) is 0. The molecule has 0 unspecified atom stereocenters. The van der Waals surface area contributed by atoms with Gasteiger partial charge in [-0.2, -0.15) is 0 Å². The molecule has 0 fully saturated rings. The van der Waals surface area contributed by atoms with Gasteiger partial charge in [0.15, 0.2) is 0 Å². The van der Waals surface area contributed by atoms with Crippen LogP contribution < -0.4 is 0 Å². The average molecular weight is 1080 g/mol. The molecular weight excluding hydrogens is 1020 g/mol. The molecule has 0 amide bonds. The maximum Gasteiger partial charge on any atom is 0.148 e. The Kier molecular flexibility index (Phi) is 10.8. The third-order valence-corrected chi connectivity index (χ3v) is 12.7. The molecular formula is C64H56N3OPt-. The molecule has 10 aromatic rings. The molecule has 5 heteroatoms. The van der Waals surface area contributed by atoms with E-state index in [0.29, 0.717) is 44.9 Å². The van der Waals surface area contributed by atoms with Gasteiger partial charge in [0.05, 0.1) is 22.3 Å². The van der Waals surface area contributed by atoms with Crippen molar-refractivity contribution >= 4 is 11.0 Å². The number of aryl methyl sites for hydroxylation is 2. The summed E-state index contributed by atoms with van der Waals surface area (Å²) >= 11 is 0. The first kappa shape index (κ1) is 39.8. The summed E-state index contributed by atoms with van der Waals surface area (Å²) in [5.74, 6) is 0.466. The zero-order valence-corrected chi connectivity index (χ0v) is 41.8. The van der Waals surface area contributed by atoms with Gasteiger partial charge in [0, 0.05) is 46.7 Å². The number of pyridine rings is 1. The Morgan fingerprint density at radius 1 is 0.522 bits per heavy atom. The number of rotatable bonds is 8. The summed E-state index contributed by atoms with van der Waals surface area (Å²) in [6, 6.07) is 62.3. The number of nitrogens with zero attached hydrogens (tertiary/aromatic N) is 3. The molecule has 0 aliphatic rings. The topological polar surface area (TPSA) is 50.9 Å². The normalized spacial score (nSPS) is 13.4. The number of para-hydroxylation sites is 1. The van der Waals surface area contributed by atoms with Crippen molar-refractivity contribution in [1.82, 2.24) is 14.5 Å². The molecule has 0 bridgehead atoms. The molecule has 0 aliphatic heterocycles. The third-order valence-electron chi connectivity index (χ3n) is 12.7. The Morgan fingerprint density at radius 2 is 1.13 bits per heavy atom. The van der Waals surface area contributed by atoms with Crippen molar-refractivity contribution in [1.29, 1.82) is 0 Å². The van der Waals surface area contributed by atoms with Gasteiger partial charge in [-0.3, -0.25) is 9.55 Å². The fourth-order valence-electron chi connectivity index (χ4n) is 9.09. The van der Waals surface area contributed by atoms with E-state index in [2.05, 4.69) is 77.9 Å². The molecule has 4 nitrogen and oxygen atoms in total. The molecule has 0 aliphatic carbocycles. The van der Waals surface area contributed by atoms with Crippen molar-refractivity contribution in [2.24, 2.45) is 0 Å². The summed E-state index contributed by atoms with van der Waals surface area (Å²) in [6.45, 7) is 7.76. The smallest absolute Gasteiger partial charge is 0.148 e. The van der Waals surface area contributed by atoms with Crippen LogP contribution in [0.1, 0.15) is 72.0 Å². The van der Waals surface area contributed by atoms with Crippen molar-refractivity contribution in [2.45, 2.75) is 66.1 Å². The zero-order valence-electron chi connectivity index (χ0n) is 45.5. The van der Waals surface area contributed by atoms with Crippen molar-refractivity contribution in [3.8, 4) is 89.7 Å². The molecule has 8 aromatic carbocycles. The van der Waals surface area contributed by atoms with Crippen molar-refractivity contribution < 1.29 is 34.4 Å². The standard InChI is InChI=1S/C64H56N3O.Pt/c1-41-31-48(44-21-14-10-15-22-44)34-49(32-41)47-29-30-65-57(38-47)52-36-50(45-23-16-11-17-24-45)35-51(37-52)54-25-18-26-59-60(54)66-62(55-39-53(63(3,4)5)40-56(61(55)68)64(6,7)8)67(59)58-28-27-46(33-42(58)2)43-19-12-9-13-20-43;/h9-36,38-40,68H,1-8H3;/q-1;/i1D3,2D3;. The largest absolute Gasteiger partial charge is 0.507 e. The molecule has 344 valence electrons. The summed E-state index contributed by atoms with van der Waals surface area (Å²) in [6.07, 6.45) is 1.74. The fraction of sp³-hybridized carbons (Fsp3) is 0.156. The number of hydrogen-bond donors (Lipinski definition) is 1. The molecule has 0 radical (unpaired) electrons. The number of aromatic nitrogens is 3. The fourth-order valence-corrected chi connectivity index (χ4v) is 9.09. The number of phenols is 1. The van der Waals surface area contributed by atoms with Crippen LogP contribution in [-0.2, 0) is 31.9 Å². The Labute approximate surface area is 430 Å². The van der Waals surface area contributed by atoms with E-state index in [1.165, 1.54) is 0 Å². The van der Waals surface area contributed by atoms with E-state index in [0.717, 1.165) is 61.2 Å². The summed E-state index contributed by atoms with van der Waals surface area (Å²) in [5.41, 5.74) is 13.0. The summed E-state index contributed by atoms with van der Waals surface area (Å²) in [5, 5.41) is 12.5. The zero-order chi connectivity index (χ0) is 52.3. The third kappa shape index (κ3) is 9.39. The molecule has 2 heterocycles. The van der Waals surface area contributed by atoms with Gasteiger partial charge in [0.1, 0.15) is 11.6 Å². The van der Waals surface area contributed by atoms with Crippen LogP contribution in [-0.4, -0.2) is 19.6 Å². The van der Waals surface area contributed by atoms with Crippen molar-refractivity contribution in [2.75, 3.05) is 0 Å². The predicted molar refractivity (Wildman–Crippen MR) is 284 cm³/mol. The number of aromatic hydroxyl groups is 1. The maximum atomic E-state index is 12.5. The van der Waals surface area contributed by atoms with Gasteiger partial charge in [-0.05, 0) is 117 Å². The van der Waals surface area contributed by atoms with E-state index in [4.69, 9.17) is 18.2 Å². The first-order valence-corrected chi connectivity index (χ1v) is 23.0. The van der Waals surface area contributed by atoms with E-state index in [1.54, 1.807) is 24.4 Å². The van der Waals surface area contributed by atoms with E-state index >= 15 is 0 Å². The minimum absolute atomic E-state index is 0. The second-order valence-electron chi connectivity index (χ2n) is 19.6. The Balaban J connectivity index is 0.00000689. The van der Waals surface area contributed by atoms with Gasteiger partial charge in [-0.25, -0.2) is 4.98 Å². The molecule has 10 rings (SSSR count). The van der Waals surface area contributed by atoms with Crippen LogP contribution in [0.3, 0.4) is 0 Å². The van der Waals surface area contributed by atoms with Gasteiger partial charge in [0.25, 0.3) is 0 Å². The van der Waals surface area contributed by atoms with Crippen LogP contribution in [0.15, 0.2) is 188 Å². The van der Waals surface area contributed by atoms with Crippen LogP contribution >= 0.6 is 0 Å². The number of phenolic OH excluding ortho intramolecular Hbond substituents is 1. The number of fused-ring (bicyclic) bond motifs is 1. The number of benzene rings is 8. The second-order valence-corrected chi connectivity index (χ2v) is 19.6. The first-order valence-electron chi connectivity index (χ1n) is 26.0. The predicted octanol–water partition coefficient (Wildman–Crippen LogP) is 16.8. The second kappa shape index (κ2) is 18.7. The van der Waals surface area contributed by atoms with Crippen molar-refractivity contribution in [3.63, 3.8) is 0 Å². The summed E-state index contributed by atoms with van der Waals surface area (Å²) < 4.78 is 54.0. The molecule has 2 aromatic heterocycles. The number of hydrogen-bond acceptors (Lipinski definition) is 3. The molecule has 0 saturated heterocycles. The molecule has 0 saturated carbocycles. The Hall–Kier alpha value is -7.13. The van der Waals surface area contributed by atoms with Crippen LogP contribution in [0.4, 0.5) is 0 Å². The van der Waals surface area contributed by atoms with E-state index in [-0.39, 0.29) is 43.4 Å². The quantitative estimate of drug-likeness (QED) is 0.154. The SMILES string of the molecule is [2H]C([2H])([2H])c1cc(-c2ccccc2)cc(-c2ccnc(-c3[c-]c(-c4cccc5c4nc(-c4cc(C(C)(C)C)cc(C(C)(C)C)c4O)n5-c4ccc(-c5ccccc5)cc4C([2H])([2H])[2H])cc(-c4ccccc4)c3)c2)c1.[Pt]. The van der Waals surface area contributed by atoms with Gasteiger partial charge in [0.2, 0.25) is 0 Å². The van der Waals surface area contributed by atoms with Gasteiger partial charge >= 0.3 is 0 Å². The van der Waals surface area contributed by atoms with Gasteiger partial charge < -0.3 is 5.11 Å². The molecule has 1 N–H and O–H groups in total. The number of imidazole rings is 1. The summed E-state index contributed by atoms with van der Waals surface area (Å²) in [4.78, 5) is 10.4. The minimum atomic E-state index is -2.54. The Bertz CT molecular complexity index is 3720. The van der Waals surface area contributed by atoms with E-state index < -0.39 is 19.1 Å². The average Bonchev–Trinajstić information content (AvgIpc) is 3.80. The molecule has 0 atom stereocenters. The molecule has 0 spiro atoms. The van der Waals surface area contributed by atoms with Crippen LogP contribution in [0, 0.1) is 19.8 Å². The Morgan fingerprint density at radius 3 is 1.75 bits per heavy atom. The molecule has 69 heavy (non-hydrogen) atoms. The first-order chi connectivity index (χ1) is 35.1. The van der Waals surface area contributed by atoms with Crippen LogP contribution in [0.25, 0.3) is 95.0 Å². The van der Waals surface area contributed by atoms with Crippen LogP contribution in [0.5, 0.6) is 5.75 Å². The van der Waals surface area contributed by atoms with Gasteiger partial charge in [-0.15, -0.1) is 23.8 Å².